The van der Waals surface area contributed by atoms with Crippen LogP contribution in [0, 0.1) is 12.7 Å². The van der Waals surface area contributed by atoms with E-state index in [1.165, 1.54) is 12.1 Å². The predicted molar refractivity (Wildman–Crippen MR) is 81.8 cm³/mol. The molecule has 0 unspecified atom stereocenters. The summed E-state index contributed by atoms with van der Waals surface area (Å²) in [6.45, 7) is 6.74. The smallest absolute Gasteiger partial charge is 0.160 e. The van der Waals surface area contributed by atoms with Gasteiger partial charge in [-0.1, -0.05) is 29.8 Å². The lowest BCUT2D eigenvalue weighted by molar-refractivity contribution is 0.580. The van der Waals surface area contributed by atoms with E-state index in [1.54, 1.807) is 6.07 Å². The van der Waals surface area contributed by atoms with Gasteiger partial charge in [0, 0.05) is 28.3 Å². The van der Waals surface area contributed by atoms with Crippen LogP contribution < -0.4 is 5.32 Å². The molecule has 0 atom stereocenters. The van der Waals surface area contributed by atoms with Gasteiger partial charge in [-0.3, -0.25) is 0 Å². The lowest BCUT2D eigenvalue weighted by Crippen LogP contribution is -2.22. The first-order valence-corrected chi connectivity index (χ1v) is 7.28. The zero-order chi connectivity index (χ0) is 14.7. The Balaban J connectivity index is 2.38. The van der Waals surface area contributed by atoms with Crippen molar-refractivity contribution in [3.05, 3.63) is 45.9 Å². The molecule has 0 aliphatic heterocycles. The molecule has 0 bridgehead atoms. The maximum Gasteiger partial charge on any atom is 0.160 e. The van der Waals surface area contributed by atoms with Crippen LogP contribution >= 0.6 is 15.9 Å². The zero-order valence-corrected chi connectivity index (χ0v) is 13.3. The van der Waals surface area contributed by atoms with E-state index < -0.39 is 0 Å². The Morgan fingerprint density at radius 2 is 2.00 bits per heavy atom. The molecular weight excluding hydrogens is 321 g/mol. The van der Waals surface area contributed by atoms with Crippen molar-refractivity contribution in [1.82, 2.24) is 15.3 Å². The lowest BCUT2D eigenvalue weighted by atomic mass is 10.2. The third-order valence-corrected chi connectivity index (χ3v) is 3.46. The number of halogens is 2. The Morgan fingerprint density at radius 1 is 1.25 bits per heavy atom. The molecule has 0 saturated heterocycles. The Labute approximate surface area is 126 Å². The van der Waals surface area contributed by atoms with E-state index in [2.05, 4.69) is 45.1 Å². The second kappa shape index (κ2) is 6.41. The molecule has 0 aliphatic carbocycles. The second-order valence-corrected chi connectivity index (χ2v) is 5.84. The van der Waals surface area contributed by atoms with Crippen LogP contribution in [-0.2, 0) is 6.54 Å². The monoisotopic (exact) mass is 337 g/mol. The van der Waals surface area contributed by atoms with Crippen molar-refractivity contribution in [2.24, 2.45) is 0 Å². The van der Waals surface area contributed by atoms with Crippen LogP contribution in [-0.4, -0.2) is 16.0 Å². The van der Waals surface area contributed by atoms with Gasteiger partial charge >= 0.3 is 0 Å². The standard InChI is InChI=1S/C15H17BrFN3/c1-9(2)18-8-12-6-10(3)19-15(20-12)13-7-11(17)4-5-14(13)16/h4-7,9,18H,8H2,1-3H3. The summed E-state index contributed by atoms with van der Waals surface area (Å²) in [4.78, 5) is 8.91. The van der Waals surface area contributed by atoms with Gasteiger partial charge in [0.1, 0.15) is 5.82 Å². The van der Waals surface area contributed by atoms with Gasteiger partial charge in [-0.05, 0) is 31.2 Å². The number of aryl methyl sites for hydroxylation is 1. The van der Waals surface area contributed by atoms with Gasteiger partial charge in [-0.2, -0.15) is 0 Å². The molecule has 0 aliphatic rings. The van der Waals surface area contributed by atoms with Crippen molar-refractivity contribution in [2.75, 3.05) is 0 Å². The minimum Gasteiger partial charge on any atom is -0.309 e. The maximum absolute atomic E-state index is 13.4. The molecule has 106 valence electrons. The van der Waals surface area contributed by atoms with Gasteiger partial charge in [0.25, 0.3) is 0 Å². The Bertz CT molecular complexity index is 614. The molecule has 1 aromatic heterocycles. The summed E-state index contributed by atoms with van der Waals surface area (Å²) in [5.74, 6) is 0.243. The van der Waals surface area contributed by atoms with Crippen LogP contribution in [0.1, 0.15) is 25.2 Å². The Kier molecular flexibility index (Phi) is 4.83. The molecule has 1 N–H and O–H groups in total. The summed E-state index contributed by atoms with van der Waals surface area (Å²) in [6.07, 6.45) is 0. The van der Waals surface area contributed by atoms with E-state index in [1.807, 2.05) is 13.0 Å². The van der Waals surface area contributed by atoms with Gasteiger partial charge in [-0.25, -0.2) is 14.4 Å². The molecular formula is C15H17BrFN3. The largest absolute Gasteiger partial charge is 0.309 e. The van der Waals surface area contributed by atoms with Crippen LogP contribution in [0.5, 0.6) is 0 Å². The highest BCUT2D eigenvalue weighted by atomic mass is 79.9. The summed E-state index contributed by atoms with van der Waals surface area (Å²) in [5, 5.41) is 3.32. The summed E-state index contributed by atoms with van der Waals surface area (Å²) in [6, 6.07) is 6.84. The molecule has 2 rings (SSSR count). The van der Waals surface area contributed by atoms with E-state index in [9.17, 15) is 4.39 Å². The first-order valence-electron chi connectivity index (χ1n) is 6.49. The number of rotatable bonds is 4. The normalized spacial score (nSPS) is 11.1. The summed E-state index contributed by atoms with van der Waals surface area (Å²) >= 11 is 3.42. The number of benzene rings is 1. The van der Waals surface area contributed by atoms with Gasteiger partial charge < -0.3 is 5.32 Å². The molecule has 2 aromatic rings. The molecule has 0 radical (unpaired) electrons. The average molecular weight is 338 g/mol. The van der Waals surface area contributed by atoms with E-state index in [0.29, 0.717) is 24.0 Å². The van der Waals surface area contributed by atoms with Gasteiger partial charge in [0.05, 0.1) is 5.69 Å². The van der Waals surface area contributed by atoms with Crippen molar-refractivity contribution in [2.45, 2.75) is 33.4 Å². The van der Waals surface area contributed by atoms with Crippen molar-refractivity contribution in [3.8, 4) is 11.4 Å². The lowest BCUT2D eigenvalue weighted by Gasteiger charge is -2.10. The second-order valence-electron chi connectivity index (χ2n) is 4.98. The number of aromatic nitrogens is 2. The number of hydrogen-bond acceptors (Lipinski definition) is 3. The van der Waals surface area contributed by atoms with Crippen molar-refractivity contribution >= 4 is 15.9 Å². The molecule has 0 fully saturated rings. The van der Waals surface area contributed by atoms with Crippen LogP contribution in [0.3, 0.4) is 0 Å². The topological polar surface area (TPSA) is 37.8 Å². The van der Waals surface area contributed by atoms with E-state index in [4.69, 9.17) is 0 Å². The summed E-state index contributed by atoms with van der Waals surface area (Å²) in [7, 11) is 0. The summed E-state index contributed by atoms with van der Waals surface area (Å²) in [5.41, 5.74) is 2.43. The molecule has 0 spiro atoms. The maximum atomic E-state index is 13.4. The van der Waals surface area contributed by atoms with E-state index in [0.717, 1.165) is 15.9 Å². The van der Waals surface area contributed by atoms with Crippen molar-refractivity contribution < 1.29 is 4.39 Å². The highest BCUT2D eigenvalue weighted by Gasteiger charge is 2.10. The quantitative estimate of drug-likeness (QED) is 0.920. The fourth-order valence-electron chi connectivity index (χ4n) is 1.82. The Hall–Kier alpha value is -1.33. The van der Waals surface area contributed by atoms with Gasteiger partial charge in [0.2, 0.25) is 0 Å². The SMILES string of the molecule is Cc1cc(CNC(C)C)nc(-c2cc(F)ccc2Br)n1. The first kappa shape index (κ1) is 15.1. The number of hydrogen-bond donors (Lipinski definition) is 1. The molecule has 1 aromatic carbocycles. The first-order chi connectivity index (χ1) is 9.45. The highest BCUT2D eigenvalue weighted by molar-refractivity contribution is 9.10. The van der Waals surface area contributed by atoms with Crippen LogP contribution in [0.25, 0.3) is 11.4 Å². The van der Waals surface area contributed by atoms with Crippen LogP contribution in [0.2, 0.25) is 0 Å². The van der Waals surface area contributed by atoms with Gasteiger partial charge in [0.15, 0.2) is 5.82 Å². The van der Waals surface area contributed by atoms with E-state index in [-0.39, 0.29) is 5.82 Å². The number of nitrogens with zero attached hydrogens (tertiary/aromatic N) is 2. The molecule has 3 nitrogen and oxygen atoms in total. The third kappa shape index (κ3) is 3.84. The minimum atomic E-state index is -0.296. The molecule has 1 heterocycles. The van der Waals surface area contributed by atoms with Crippen molar-refractivity contribution in [1.29, 1.82) is 0 Å². The third-order valence-electron chi connectivity index (χ3n) is 2.77. The number of nitrogens with one attached hydrogen (secondary N) is 1. The van der Waals surface area contributed by atoms with Crippen molar-refractivity contribution in [3.63, 3.8) is 0 Å². The minimum absolute atomic E-state index is 0.296. The van der Waals surface area contributed by atoms with Crippen LogP contribution in [0.4, 0.5) is 4.39 Å². The molecule has 5 heteroatoms. The van der Waals surface area contributed by atoms with Crippen LogP contribution in [0.15, 0.2) is 28.7 Å². The fraction of sp³-hybridized carbons (Fsp3) is 0.333. The van der Waals surface area contributed by atoms with E-state index >= 15 is 0 Å². The predicted octanol–water partition coefficient (Wildman–Crippen LogP) is 3.85. The molecule has 0 amide bonds. The fourth-order valence-corrected chi connectivity index (χ4v) is 2.25. The Morgan fingerprint density at radius 3 is 2.70 bits per heavy atom. The highest BCUT2D eigenvalue weighted by Crippen LogP contribution is 2.26. The average Bonchev–Trinajstić information content (AvgIpc) is 2.38. The van der Waals surface area contributed by atoms with Gasteiger partial charge in [-0.15, -0.1) is 0 Å². The summed E-state index contributed by atoms with van der Waals surface area (Å²) < 4.78 is 14.2. The zero-order valence-electron chi connectivity index (χ0n) is 11.7. The molecule has 0 saturated carbocycles. The molecule has 20 heavy (non-hydrogen) atoms.